The van der Waals surface area contributed by atoms with Gasteiger partial charge in [0, 0.05) is 12.8 Å². The van der Waals surface area contributed by atoms with E-state index < -0.39 is 35.5 Å². The number of benzene rings is 2. The van der Waals surface area contributed by atoms with Crippen LogP contribution in [-0.4, -0.2) is 92.0 Å². The molecule has 1 unspecified atom stereocenters. The highest BCUT2D eigenvalue weighted by Gasteiger charge is 2.78. The third-order valence-electron chi connectivity index (χ3n) is 8.24. The van der Waals surface area contributed by atoms with Gasteiger partial charge in [0.2, 0.25) is 11.8 Å². The fourth-order valence-corrected chi connectivity index (χ4v) is 6.19. The maximum Gasteiger partial charge on any atom is 0.347 e. The maximum absolute atomic E-state index is 13.6. The Bertz CT molecular complexity index is 1510. The summed E-state index contributed by atoms with van der Waals surface area (Å²) in [4.78, 5) is 42.3. The van der Waals surface area contributed by atoms with Crippen molar-refractivity contribution in [1.29, 1.82) is 0 Å². The van der Waals surface area contributed by atoms with Gasteiger partial charge in [-0.3, -0.25) is 41.1 Å². The first kappa shape index (κ1) is 26.5. The Hall–Kier alpha value is -4.69. The molecule has 41 heavy (non-hydrogen) atoms. The molecule has 0 saturated carbocycles. The van der Waals surface area contributed by atoms with E-state index in [0.717, 1.165) is 10.5 Å². The summed E-state index contributed by atoms with van der Waals surface area (Å²) in [6.07, 6.45) is 0.222. The van der Waals surface area contributed by atoms with E-state index in [1.165, 1.54) is 4.58 Å². The Morgan fingerprint density at radius 1 is 1.12 bits per heavy atom. The van der Waals surface area contributed by atoms with Crippen molar-refractivity contribution in [3.8, 4) is 11.5 Å². The molecule has 2 aromatic carbocycles. The molecule has 6 rings (SSSR count). The number of nitrogens with one attached hydrogen (secondary N) is 4. The Morgan fingerprint density at radius 3 is 2.49 bits per heavy atom. The number of amides is 3. The van der Waals surface area contributed by atoms with Crippen LogP contribution in [0.1, 0.15) is 28.8 Å². The van der Waals surface area contributed by atoms with Crippen LogP contribution in [0.25, 0.3) is 0 Å². The fraction of sp³-hybridized carbons (Fsp3) is 0.370. The zero-order valence-electron chi connectivity index (χ0n) is 22.3. The van der Waals surface area contributed by atoms with Crippen LogP contribution in [0, 0.1) is 6.92 Å². The van der Waals surface area contributed by atoms with Crippen molar-refractivity contribution < 1.29 is 38.9 Å². The highest BCUT2D eigenvalue weighted by atomic mass is 16.5. The minimum Gasteiger partial charge on any atom is -0.456 e. The lowest BCUT2D eigenvalue weighted by Crippen LogP contribution is -2.92. The fourth-order valence-electron chi connectivity index (χ4n) is 6.19. The van der Waals surface area contributed by atoms with E-state index in [2.05, 4.69) is 20.9 Å². The predicted molar refractivity (Wildman–Crippen MR) is 143 cm³/mol. The van der Waals surface area contributed by atoms with Gasteiger partial charge in [-0.15, -0.1) is 0 Å². The molecule has 0 radical (unpaired) electrons. The molecule has 0 aromatic heterocycles. The zero-order chi connectivity index (χ0) is 29.1. The lowest BCUT2D eigenvalue weighted by atomic mass is 9.85. The van der Waals surface area contributed by atoms with Crippen molar-refractivity contribution in [2.45, 2.75) is 49.3 Å². The average molecular weight is 565 g/mol. The van der Waals surface area contributed by atoms with Gasteiger partial charge >= 0.3 is 11.9 Å². The van der Waals surface area contributed by atoms with Crippen molar-refractivity contribution in [1.82, 2.24) is 20.9 Å². The smallest absolute Gasteiger partial charge is 0.347 e. The second kappa shape index (κ2) is 9.45. The number of carbonyl (C=O) groups is 3. The maximum atomic E-state index is 13.6. The second-order valence-electron chi connectivity index (χ2n) is 10.7. The summed E-state index contributed by atoms with van der Waals surface area (Å²) in [7, 11) is 0. The number of likely N-dealkylation sites (tertiary alicyclic amines) is 1. The summed E-state index contributed by atoms with van der Waals surface area (Å²) in [6.45, 7) is 1.71. The molecule has 14 heteroatoms. The number of ether oxygens (including phenoxy) is 1. The number of rotatable bonds is 6. The van der Waals surface area contributed by atoms with Crippen LogP contribution in [0.3, 0.4) is 0 Å². The lowest BCUT2D eigenvalue weighted by Gasteiger charge is -2.41. The van der Waals surface area contributed by atoms with Crippen molar-refractivity contribution in [3.63, 3.8) is 0 Å². The second-order valence-corrected chi connectivity index (χ2v) is 10.7. The molecule has 4 heterocycles. The molecular weight excluding hydrogens is 532 g/mol. The number of aryl methyl sites for hydroxylation is 1. The van der Waals surface area contributed by atoms with Gasteiger partial charge in [0.25, 0.3) is 17.4 Å². The van der Waals surface area contributed by atoms with Gasteiger partial charge in [0.05, 0.1) is 18.7 Å². The molecule has 214 valence electrons. The normalized spacial score (nSPS) is 28.0. The first-order chi connectivity index (χ1) is 19.5. The van der Waals surface area contributed by atoms with E-state index in [4.69, 9.17) is 16.2 Å². The van der Waals surface area contributed by atoms with Crippen molar-refractivity contribution in [3.05, 3.63) is 59.7 Å². The molecule has 2 fully saturated rings. The minimum atomic E-state index is -2.63. The molecule has 4 aliphatic rings. The Labute approximate surface area is 234 Å². The number of para-hydroxylation sites is 2. The SMILES string of the molecule is Cc1ccccc1Oc1ccccc1C(=O)NC1C[N+]2=C(N)N[C@@H](CN3C(=O)CCC3=O)[C@@H]3[NH+]=C(N)N[C@@]32C1(O)O. The third kappa shape index (κ3) is 4.05. The summed E-state index contributed by atoms with van der Waals surface area (Å²) in [5.74, 6) is -2.91. The molecular formula is C27H32N8O6+2. The number of nitrogens with two attached hydrogens (primary N) is 2. The molecule has 14 nitrogen and oxygen atoms in total. The Kier molecular flexibility index (Phi) is 6.12. The van der Waals surface area contributed by atoms with Crippen molar-refractivity contribution >= 4 is 29.6 Å². The number of carbonyl (C=O) groups excluding carboxylic acids is 3. The molecule has 3 amide bonds. The summed E-state index contributed by atoms with van der Waals surface area (Å²) in [5, 5.41) is 32.2. The Morgan fingerprint density at radius 2 is 1.78 bits per heavy atom. The zero-order valence-corrected chi connectivity index (χ0v) is 22.3. The van der Waals surface area contributed by atoms with Crippen LogP contribution in [-0.2, 0) is 9.59 Å². The molecule has 2 saturated heterocycles. The summed E-state index contributed by atoms with van der Waals surface area (Å²) in [5.41, 5.74) is 11.8. The monoisotopic (exact) mass is 564 g/mol. The van der Waals surface area contributed by atoms with E-state index in [1.807, 2.05) is 25.1 Å². The number of nitrogens with zero attached hydrogens (tertiary/aromatic N) is 2. The molecule has 4 atom stereocenters. The van der Waals surface area contributed by atoms with Gasteiger partial charge in [-0.2, -0.15) is 0 Å². The van der Waals surface area contributed by atoms with Crippen LogP contribution >= 0.6 is 0 Å². The molecule has 2 aromatic rings. The third-order valence-corrected chi connectivity index (χ3v) is 8.24. The lowest BCUT2D eigenvalue weighted by molar-refractivity contribution is -0.674. The van der Waals surface area contributed by atoms with Gasteiger partial charge in [-0.1, -0.05) is 30.3 Å². The number of guanidine groups is 2. The van der Waals surface area contributed by atoms with Crippen LogP contribution < -0.4 is 37.1 Å². The molecule has 0 aliphatic carbocycles. The largest absolute Gasteiger partial charge is 0.456 e. The Balaban J connectivity index is 1.29. The van der Waals surface area contributed by atoms with Gasteiger partial charge in [-0.25, -0.2) is 9.89 Å². The van der Waals surface area contributed by atoms with Gasteiger partial charge in [0.15, 0.2) is 6.04 Å². The van der Waals surface area contributed by atoms with E-state index in [9.17, 15) is 24.6 Å². The van der Waals surface area contributed by atoms with Gasteiger partial charge in [0.1, 0.15) is 23.6 Å². The molecule has 4 aliphatic heterocycles. The highest BCUT2D eigenvalue weighted by Crippen LogP contribution is 2.38. The van der Waals surface area contributed by atoms with Gasteiger partial charge in [-0.05, 0) is 30.7 Å². The van der Waals surface area contributed by atoms with E-state index in [1.54, 1.807) is 30.3 Å². The molecule has 1 spiro atoms. The predicted octanol–water partition coefficient (Wildman–Crippen LogP) is -3.91. The number of hydrogen-bond donors (Lipinski definition) is 8. The summed E-state index contributed by atoms with van der Waals surface area (Å²) in [6, 6.07) is 11.2. The van der Waals surface area contributed by atoms with Crippen LogP contribution in [0.15, 0.2) is 48.5 Å². The van der Waals surface area contributed by atoms with E-state index >= 15 is 0 Å². The minimum absolute atomic E-state index is 0.0389. The topological polar surface area (TPSA) is 209 Å². The molecule has 10 N–H and O–H groups in total. The van der Waals surface area contributed by atoms with Crippen LogP contribution in [0.5, 0.6) is 11.5 Å². The van der Waals surface area contributed by atoms with Crippen molar-refractivity contribution in [2.75, 3.05) is 13.1 Å². The van der Waals surface area contributed by atoms with Gasteiger partial charge < -0.3 is 20.3 Å². The highest BCUT2D eigenvalue weighted by molar-refractivity contribution is 6.02. The van der Waals surface area contributed by atoms with E-state index in [0.29, 0.717) is 11.5 Å². The number of imide groups is 1. The summed E-state index contributed by atoms with van der Waals surface area (Å²) >= 11 is 0. The molecule has 0 bridgehead atoms. The van der Waals surface area contributed by atoms with Crippen LogP contribution in [0.2, 0.25) is 0 Å². The number of aliphatic hydroxyl groups is 2. The average Bonchev–Trinajstić information content (AvgIpc) is 3.53. The standard InChI is InChI=1S/C27H30N8O6/c1-14-6-2-4-8-17(14)41-18-9-5-3-7-15(18)23(38)31-19-13-35-25(29)30-16(12-34-20(36)10-11-21(34)37)22-26(35,27(19,39)40)33-24(28)32-22/h2-9,16,19,22,39-40H,10-13H2,1H3,(H6,28,29,30,31,32,33,38)/p+2/t16-,19?,22-,26-/m0/s1. The van der Waals surface area contributed by atoms with Crippen LogP contribution in [0.4, 0.5) is 0 Å². The summed E-state index contributed by atoms with van der Waals surface area (Å²) < 4.78 is 7.52. The first-order valence-electron chi connectivity index (χ1n) is 13.3. The number of hydrogen-bond acceptors (Lipinski definition) is 10. The quantitative estimate of drug-likeness (QED) is 0.0971. The van der Waals surface area contributed by atoms with E-state index in [-0.39, 0.29) is 55.2 Å². The van der Waals surface area contributed by atoms with Crippen molar-refractivity contribution in [2.24, 2.45) is 11.5 Å². The first-order valence-corrected chi connectivity index (χ1v) is 13.3.